The van der Waals surface area contributed by atoms with E-state index < -0.39 is 39.3 Å². The van der Waals surface area contributed by atoms with Gasteiger partial charge in [0.15, 0.2) is 11.6 Å². The summed E-state index contributed by atoms with van der Waals surface area (Å²) in [4.78, 5) is 59.4. The van der Waals surface area contributed by atoms with Crippen LogP contribution in [-0.4, -0.2) is 114 Å². The van der Waals surface area contributed by atoms with Gasteiger partial charge in [-0.3, -0.25) is 38.7 Å². The molecule has 0 bridgehead atoms. The molecule has 64 heavy (non-hydrogen) atoms. The Morgan fingerprint density at radius 3 is 2.52 bits per heavy atom. The van der Waals surface area contributed by atoms with Gasteiger partial charge in [0.1, 0.15) is 29.2 Å². The molecule has 1 unspecified atom stereocenters. The Labute approximate surface area is 368 Å². The van der Waals surface area contributed by atoms with Gasteiger partial charge in [0.05, 0.1) is 47.7 Å². The summed E-state index contributed by atoms with van der Waals surface area (Å²) in [6.45, 7) is 4.59. The van der Waals surface area contributed by atoms with Crippen molar-refractivity contribution in [2.45, 2.75) is 75.5 Å². The summed E-state index contributed by atoms with van der Waals surface area (Å²) in [7, 11) is -2.68. The topological polar surface area (TPSA) is 208 Å². The third kappa shape index (κ3) is 9.29. The molecule has 8 rings (SSSR count). The highest BCUT2D eigenvalue weighted by molar-refractivity contribution is 7.90. The molecule has 1 spiro atoms. The second-order valence-electron chi connectivity index (χ2n) is 16.8. The van der Waals surface area contributed by atoms with Gasteiger partial charge in [-0.1, -0.05) is 13.0 Å². The minimum absolute atomic E-state index is 0.00504. The Morgan fingerprint density at radius 2 is 1.81 bits per heavy atom. The van der Waals surface area contributed by atoms with E-state index in [1.165, 1.54) is 42.2 Å². The predicted octanol–water partition coefficient (Wildman–Crippen LogP) is 4.37. The van der Waals surface area contributed by atoms with Gasteiger partial charge in [0.2, 0.25) is 17.7 Å². The second kappa shape index (κ2) is 18.2. The Bertz CT molecular complexity index is 2700. The van der Waals surface area contributed by atoms with Crippen LogP contribution in [0.15, 0.2) is 59.7 Å². The maximum absolute atomic E-state index is 15.3. The number of hydrogen-bond acceptors (Lipinski definition) is 12. The van der Waals surface area contributed by atoms with Crippen molar-refractivity contribution in [2.24, 2.45) is 0 Å². The largest absolute Gasteiger partial charge is 0.453 e. The number of imide groups is 1. The van der Waals surface area contributed by atoms with E-state index in [1.807, 2.05) is 11.0 Å². The lowest BCUT2D eigenvalue weighted by atomic mass is 9.87. The molecule has 2 atom stereocenters. The molecule has 3 aromatic carbocycles. The van der Waals surface area contributed by atoms with Crippen LogP contribution in [0.3, 0.4) is 0 Å². The lowest BCUT2D eigenvalue weighted by Crippen LogP contribution is -2.50. The molecular weight excluding hydrogens is 853 g/mol. The first-order chi connectivity index (χ1) is 30.7. The molecule has 0 saturated carbocycles. The van der Waals surface area contributed by atoms with Gasteiger partial charge in [-0.2, -0.15) is 18.0 Å². The van der Waals surface area contributed by atoms with Crippen molar-refractivity contribution in [1.82, 2.24) is 29.0 Å². The van der Waals surface area contributed by atoms with Crippen molar-refractivity contribution in [3.8, 4) is 17.6 Å². The molecular formula is C44H49F2N9O8S. The highest BCUT2D eigenvalue weighted by Gasteiger charge is 2.44. The zero-order chi connectivity index (χ0) is 45.3. The molecule has 20 heteroatoms. The molecule has 4 aromatic rings. The number of nitriles is 1. The number of fused-ring (bicyclic) bond motifs is 1. The molecule has 4 aliphatic rings. The van der Waals surface area contributed by atoms with Gasteiger partial charge in [-0.05, 0) is 106 Å². The number of amides is 3. The Hall–Kier alpha value is -6.01. The number of aromatic nitrogens is 2. The van der Waals surface area contributed by atoms with E-state index in [-0.39, 0.29) is 83.7 Å². The van der Waals surface area contributed by atoms with Crippen molar-refractivity contribution in [2.75, 3.05) is 63.0 Å². The quantitative estimate of drug-likeness (QED) is 0.170. The van der Waals surface area contributed by atoms with E-state index in [1.54, 1.807) is 19.1 Å². The van der Waals surface area contributed by atoms with Gasteiger partial charge < -0.3 is 19.7 Å². The minimum atomic E-state index is -4.03. The number of piperidine rings is 3. The Morgan fingerprint density at radius 1 is 1.05 bits per heavy atom. The standard InChI is InChI=1S/C44H49F2N9O8S/c1-3-52(2)64(60,61)51-37-9-7-34(45)41(33(37)23-47)63-30-5-8-36-32(21-30)43(59)55(26-48-36)29-22-44(62-25-29)14-18-54(19-15-44)40(57)24-53-16-12-27(13-17-53)31-6-4-28(20-35(31)46)49-38-10-11-39(56)50-42(38)58/h4-9,20-21,26-27,29,38,49,51H,3,10-19,22,24-25H2,1-2H3,(H,50,56,58)/t29-,38?/m0/s1. The van der Waals surface area contributed by atoms with Crippen molar-refractivity contribution in [1.29, 1.82) is 5.26 Å². The molecule has 0 radical (unpaired) electrons. The number of halogens is 2. The smallest absolute Gasteiger partial charge is 0.301 e. The first kappa shape index (κ1) is 44.6. The van der Waals surface area contributed by atoms with Gasteiger partial charge in [-0.15, -0.1) is 0 Å². The van der Waals surface area contributed by atoms with Gasteiger partial charge >= 0.3 is 10.2 Å². The summed E-state index contributed by atoms with van der Waals surface area (Å²) in [5, 5.41) is 15.4. The maximum atomic E-state index is 15.3. The fraction of sp³-hybridized carbons (Fsp3) is 0.455. The number of nitrogens with one attached hydrogen (secondary N) is 3. The molecule has 4 fully saturated rings. The van der Waals surface area contributed by atoms with Crippen LogP contribution in [0.25, 0.3) is 10.9 Å². The molecule has 4 saturated heterocycles. The van der Waals surface area contributed by atoms with Crippen molar-refractivity contribution < 1.29 is 41.1 Å². The fourth-order valence-electron chi connectivity index (χ4n) is 8.98. The van der Waals surface area contributed by atoms with Crippen LogP contribution in [0.1, 0.15) is 75.0 Å². The summed E-state index contributed by atoms with van der Waals surface area (Å²) in [5.41, 5.74) is 0.000439. The Balaban J connectivity index is 0.847. The molecule has 1 aromatic heterocycles. The molecule has 338 valence electrons. The number of likely N-dealkylation sites (tertiary alicyclic amines) is 2. The molecule has 0 aliphatic carbocycles. The van der Waals surface area contributed by atoms with E-state index in [2.05, 4.69) is 25.2 Å². The van der Waals surface area contributed by atoms with E-state index in [4.69, 9.17) is 9.47 Å². The lowest BCUT2D eigenvalue weighted by Gasteiger charge is -2.40. The summed E-state index contributed by atoms with van der Waals surface area (Å²) < 4.78 is 72.7. The number of ether oxygens (including phenoxy) is 2. The van der Waals surface area contributed by atoms with E-state index in [0.29, 0.717) is 81.5 Å². The third-order valence-electron chi connectivity index (χ3n) is 12.9. The number of carbonyl (C=O) groups is 3. The second-order valence-corrected chi connectivity index (χ2v) is 18.6. The summed E-state index contributed by atoms with van der Waals surface area (Å²) in [6, 6.07) is 12.3. The number of carbonyl (C=O) groups excluding carboxylic acids is 3. The fourth-order valence-corrected chi connectivity index (χ4v) is 9.92. The van der Waals surface area contributed by atoms with Crippen molar-refractivity contribution >= 4 is 50.2 Å². The lowest BCUT2D eigenvalue weighted by molar-refractivity contribution is -0.137. The molecule has 3 N–H and O–H groups in total. The average Bonchev–Trinajstić information content (AvgIpc) is 3.68. The van der Waals surface area contributed by atoms with E-state index in [9.17, 15) is 32.9 Å². The SMILES string of the molecule is CCN(C)S(=O)(=O)Nc1ccc(F)c(Oc2ccc3ncn([C@@H]4COC5(CCN(C(=O)CN6CCC(c7ccc(NC8CCC(=O)NC8=O)cc7F)CC6)CC5)C4)c(=O)c3c2)c1C#N. The van der Waals surface area contributed by atoms with Crippen molar-refractivity contribution in [3.63, 3.8) is 0 Å². The molecule has 3 amide bonds. The summed E-state index contributed by atoms with van der Waals surface area (Å²) >= 11 is 0. The van der Waals surface area contributed by atoms with Gasteiger partial charge in [-0.25, -0.2) is 13.8 Å². The summed E-state index contributed by atoms with van der Waals surface area (Å²) in [5.74, 6) is -2.46. The zero-order valence-electron chi connectivity index (χ0n) is 35.4. The number of rotatable bonds is 12. The minimum Gasteiger partial charge on any atom is -0.453 e. The first-order valence-corrected chi connectivity index (χ1v) is 22.8. The normalized spacial score (nSPS) is 20.7. The third-order valence-corrected chi connectivity index (χ3v) is 14.4. The summed E-state index contributed by atoms with van der Waals surface area (Å²) in [6.07, 6.45) is 5.15. The van der Waals surface area contributed by atoms with Crippen LogP contribution in [-0.2, 0) is 29.3 Å². The molecule has 17 nitrogen and oxygen atoms in total. The molecule has 4 aliphatic heterocycles. The van der Waals surface area contributed by atoms with Crippen LogP contribution in [0.4, 0.5) is 20.2 Å². The van der Waals surface area contributed by atoms with Gasteiger partial charge in [0.25, 0.3) is 5.56 Å². The number of nitrogens with zero attached hydrogens (tertiary/aromatic N) is 6. The van der Waals surface area contributed by atoms with Crippen LogP contribution in [0, 0.1) is 23.0 Å². The Kier molecular flexibility index (Phi) is 12.7. The maximum Gasteiger partial charge on any atom is 0.301 e. The van der Waals surface area contributed by atoms with Crippen LogP contribution in [0.5, 0.6) is 11.5 Å². The average molecular weight is 902 g/mol. The monoisotopic (exact) mass is 901 g/mol. The van der Waals surface area contributed by atoms with Crippen molar-refractivity contribution in [3.05, 3.63) is 88.0 Å². The zero-order valence-corrected chi connectivity index (χ0v) is 36.3. The van der Waals surface area contributed by atoms with Crippen LogP contribution < -0.4 is 25.7 Å². The van der Waals surface area contributed by atoms with E-state index >= 15 is 8.78 Å². The highest BCUT2D eigenvalue weighted by atomic mass is 32.2. The highest BCUT2D eigenvalue weighted by Crippen LogP contribution is 2.41. The van der Waals surface area contributed by atoms with Crippen LogP contribution in [0.2, 0.25) is 0 Å². The molecule has 5 heterocycles. The van der Waals surface area contributed by atoms with Gasteiger partial charge in [0, 0.05) is 38.8 Å². The van der Waals surface area contributed by atoms with Crippen LogP contribution >= 0.6 is 0 Å². The number of hydrogen-bond donors (Lipinski definition) is 3. The predicted molar refractivity (Wildman–Crippen MR) is 231 cm³/mol. The number of benzene rings is 3. The first-order valence-electron chi connectivity index (χ1n) is 21.3. The number of anilines is 2. The van der Waals surface area contributed by atoms with E-state index in [0.717, 1.165) is 16.4 Å².